The first-order valence-electron chi connectivity index (χ1n) is 7.26. The molecule has 20 heavy (non-hydrogen) atoms. The van der Waals surface area contributed by atoms with Gasteiger partial charge in [0.25, 0.3) is 0 Å². The van der Waals surface area contributed by atoms with Crippen LogP contribution in [-0.2, 0) is 19.3 Å². The number of fused-ring (bicyclic) bond motifs is 1. The van der Waals surface area contributed by atoms with Crippen molar-refractivity contribution in [2.75, 3.05) is 0 Å². The molecule has 1 nitrogen and oxygen atoms in total. The minimum atomic E-state index is -0.213. The smallest absolute Gasteiger partial charge is 0.123 e. The SMILES string of the molecule is Cc1ccc(F)cc1C(N)Cc1ccc2c(c1)CCC2. The van der Waals surface area contributed by atoms with E-state index in [1.54, 1.807) is 12.1 Å². The van der Waals surface area contributed by atoms with Crippen LogP contribution in [0.15, 0.2) is 36.4 Å². The summed E-state index contributed by atoms with van der Waals surface area (Å²) in [6.07, 6.45) is 4.40. The molecule has 2 aromatic rings. The van der Waals surface area contributed by atoms with E-state index in [1.165, 1.54) is 42.0 Å². The first-order chi connectivity index (χ1) is 9.63. The molecule has 1 atom stereocenters. The van der Waals surface area contributed by atoms with Crippen LogP contribution in [0.25, 0.3) is 0 Å². The van der Waals surface area contributed by atoms with Crippen LogP contribution in [0.1, 0.15) is 40.3 Å². The molecule has 2 heteroatoms. The second-order valence-electron chi connectivity index (χ2n) is 5.77. The summed E-state index contributed by atoms with van der Waals surface area (Å²) >= 11 is 0. The van der Waals surface area contributed by atoms with Crippen LogP contribution >= 0.6 is 0 Å². The molecule has 0 bridgehead atoms. The maximum Gasteiger partial charge on any atom is 0.123 e. The fraction of sp³-hybridized carbons (Fsp3) is 0.333. The van der Waals surface area contributed by atoms with E-state index in [9.17, 15) is 4.39 Å². The Morgan fingerprint density at radius 2 is 1.90 bits per heavy atom. The molecule has 0 fully saturated rings. The van der Waals surface area contributed by atoms with Crippen LogP contribution in [0, 0.1) is 12.7 Å². The highest BCUT2D eigenvalue weighted by Gasteiger charge is 2.14. The van der Waals surface area contributed by atoms with Crippen LogP contribution in [-0.4, -0.2) is 0 Å². The largest absolute Gasteiger partial charge is 0.324 e. The number of hydrogen-bond acceptors (Lipinski definition) is 1. The first kappa shape index (κ1) is 13.3. The lowest BCUT2D eigenvalue weighted by Crippen LogP contribution is -2.15. The molecule has 0 heterocycles. The lowest BCUT2D eigenvalue weighted by Gasteiger charge is -2.15. The summed E-state index contributed by atoms with van der Waals surface area (Å²) in [6.45, 7) is 1.98. The number of rotatable bonds is 3. The predicted octanol–water partition coefficient (Wildman–Crippen LogP) is 3.87. The number of hydrogen-bond donors (Lipinski definition) is 1. The van der Waals surface area contributed by atoms with Crippen molar-refractivity contribution in [1.29, 1.82) is 0 Å². The Morgan fingerprint density at radius 1 is 1.10 bits per heavy atom. The van der Waals surface area contributed by atoms with Crippen LogP contribution in [0.4, 0.5) is 4.39 Å². The van der Waals surface area contributed by atoms with Gasteiger partial charge in [-0.2, -0.15) is 0 Å². The van der Waals surface area contributed by atoms with Crippen molar-refractivity contribution in [2.45, 2.75) is 38.6 Å². The van der Waals surface area contributed by atoms with Crippen LogP contribution in [0.5, 0.6) is 0 Å². The summed E-state index contributed by atoms with van der Waals surface area (Å²) in [6, 6.07) is 11.4. The maximum atomic E-state index is 13.4. The Labute approximate surface area is 119 Å². The Morgan fingerprint density at radius 3 is 2.75 bits per heavy atom. The standard InChI is InChI=1S/C18H20FN/c1-12-5-8-16(19)11-17(12)18(20)10-13-6-7-14-3-2-4-15(14)9-13/h5-9,11,18H,2-4,10,20H2,1H3. The molecule has 1 unspecified atom stereocenters. The van der Waals surface area contributed by atoms with E-state index in [0.29, 0.717) is 0 Å². The van der Waals surface area contributed by atoms with Crippen molar-refractivity contribution in [1.82, 2.24) is 0 Å². The minimum absolute atomic E-state index is 0.148. The summed E-state index contributed by atoms with van der Waals surface area (Å²) in [5, 5.41) is 0. The molecule has 0 saturated carbocycles. The predicted molar refractivity (Wildman–Crippen MR) is 80.2 cm³/mol. The lowest BCUT2D eigenvalue weighted by atomic mass is 9.94. The number of nitrogens with two attached hydrogens (primary N) is 1. The van der Waals surface area contributed by atoms with Gasteiger partial charge in [0.1, 0.15) is 5.82 Å². The van der Waals surface area contributed by atoms with Gasteiger partial charge in [0.2, 0.25) is 0 Å². The van der Waals surface area contributed by atoms with Gasteiger partial charge in [-0.3, -0.25) is 0 Å². The third kappa shape index (κ3) is 2.61. The van der Waals surface area contributed by atoms with Crippen molar-refractivity contribution in [3.63, 3.8) is 0 Å². The quantitative estimate of drug-likeness (QED) is 0.899. The highest BCUT2D eigenvalue weighted by Crippen LogP contribution is 2.26. The van der Waals surface area contributed by atoms with Crippen LogP contribution in [0.2, 0.25) is 0 Å². The molecule has 104 valence electrons. The summed E-state index contributed by atoms with van der Waals surface area (Å²) in [4.78, 5) is 0. The molecule has 3 rings (SSSR count). The van der Waals surface area contributed by atoms with E-state index in [2.05, 4.69) is 18.2 Å². The molecular weight excluding hydrogens is 249 g/mol. The molecule has 2 aromatic carbocycles. The van der Waals surface area contributed by atoms with Gasteiger partial charge in [-0.1, -0.05) is 24.3 Å². The van der Waals surface area contributed by atoms with E-state index in [-0.39, 0.29) is 11.9 Å². The zero-order valence-corrected chi connectivity index (χ0v) is 11.8. The Kier molecular flexibility index (Phi) is 3.58. The van der Waals surface area contributed by atoms with Gasteiger partial charge >= 0.3 is 0 Å². The van der Waals surface area contributed by atoms with Crippen molar-refractivity contribution in [2.24, 2.45) is 5.73 Å². The molecule has 0 saturated heterocycles. The van der Waals surface area contributed by atoms with Gasteiger partial charge in [-0.05, 0) is 72.6 Å². The van der Waals surface area contributed by atoms with E-state index in [4.69, 9.17) is 5.73 Å². The van der Waals surface area contributed by atoms with Gasteiger partial charge < -0.3 is 5.73 Å². The van der Waals surface area contributed by atoms with E-state index >= 15 is 0 Å². The van der Waals surface area contributed by atoms with E-state index < -0.39 is 0 Å². The summed E-state index contributed by atoms with van der Waals surface area (Å²) in [5.41, 5.74) is 12.4. The van der Waals surface area contributed by atoms with Crippen LogP contribution in [0.3, 0.4) is 0 Å². The van der Waals surface area contributed by atoms with Crippen molar-refractivity contribution in [3.05, 3.63) is 70.0 Å². The molecule has 0 aliphatic heterocycles. The van der Waals surface area contributed by atoms with Gasteiger partial charge in [0.15, 0.2) is 0 Å². The summed E-state index contributed by atoms with van der Waals surface area (Å²) < 4.78 is 13.4. The Bertz CT molecular complexity index is 633. The topological polar surface area (TPSA) is 26.0 Å². The molecule has 0 aromatic heterocycles. The summed E-state index contributed by atoms with van der Waals surface area (Å²) in [7, 11) is 0. The van der Waals surface area contributed by atoms with Gasteiger partial charge in [0.05, 0.1) is 0 Å². The minimum Gasteiger partial charge on any atom is -0.324 e. The summed E-state index contributed by atoms with van der Waals surface area (Å²) in [5.74, 6) is -0.213. The normalized spacial score (nSPS) is 15.2. The Hall–Kier alpha value is -1.67. The van der Waals surface area contributed by atoms with E-state index in [1.807, 2.05) is 6.92 Å². The highest BCUT2D eigenvalue weighted by atomic mass is 19.1. The van der Waals surface area contributed by atoms with Gasteiger partial charge in [-0.25, -0.2) is 4.39 Å². The molecule has 1 aliphatic rings. The van der Waals surface area contributed by atoms with Crippen molar-refractivity contribution in [3.8, 4) is 0 Å². The highest BCUT2D eigenvalue weighted by molar-refractivity contribution is 5.37. The van der Waals surface area contributed by atoms with Gasteiger partial charge in [0, 0.05) is 6.04 Å². The van der Waals surface area contributed by atoms with E-state index in [0.717, 1.165) is 17.5 Å². The first-order valence-corrected chi connectivity index (χ1v) is 7.26. The van der Waals surface area contributed by atoms with Gasteiger partial charge in [-0.15, -0.1) is 0 Å². The number of benzene rings is 2. The molecule has 2 N–H and O–H groups in total. The molecule has 0 amide bonds. The second kappa shape index (κ2) is 5.37. The second-order valence-corrected chi connectivity index (χ2v) is 5.77. The zero-order chi connectivity index (χ0) is 14.1. The zero-order valence-electron chi connectivity index (χ0n) is 11.8. The van der Waals surface area contributed by atoms with Crippen LogP contribution < -0.4 is 5.73 Å². The molecule has 0 spiro atoms. The van der Waals surface area contributed by atoms with Crippen molar-refractivity contribution >= 4 is 0 Å². The lowest BCUT2D eigenvalue weighted by molar-refractivity contribution is 0.617. The third-order valence-electron chi connectivity index (χ3n) is 4.26. The Balaban J connectivity index is 1.82. The average molecular weight is 269 g/mol. The number of aryl methyl sites for hydroxylation is 3. The fourth-order valence-electron chi connectivity index (χ4n) is 3.13. The average Bonchev–Trinajstić information content (AvgIpc) is 2.89. The molecular formula is C18H20FN. The maximum absolute atomic E-state index is 13.4. The van der Waals surface area contributed by atoms with Crippen molar-refractivity contribution < 1.29 is 4.39 Å². The number of halogens is 1. The molecule has 0 radical (unpaired) electrons. The molecule has 1 aliphatic carbocycles. The third-order valence-corrected chi connectivity index (χ3v) is 4.26. The monoisotopic (exact) mass is 269 g/mol. The fourth-order valence-corrected chi connectivity index (χ4v) is 3.13.